The van der Waals surface area contributed by atoms with E-state index in [9.17, 15) is 9.90 Å². The van der Waals surface area contributed by atoms with Crippen molar-refractivity contribution in [2.45, 2.75) is 13.5 Å². The molecule has 2 heterocycles. The van der Waals surface area contributed by atoms with Crippen molar-refractivity contribution in [3.05, 3.63) is 47.3 Å². The van der Waals surface area contributed by atoms with Crippen molar-refractivity contribution in [1.82, 2.24) is 15.0 Å². The number of aryl methyl sites for hydroxylation is 1. The Morgan fingerprint density at radius 2 is 2.05 bits per heavy atom. The second-order valence-electron chi connectivity index (χ2n) is 5.55. The van der Waals surface area contributed by atoms with Gasteiger partial charge in [0.15, 0.2) is 5.76 Å². The largest absolute Gasteiger partial charge is 0.508 e. The van der Waals surface area contributed by atoms with E-state index in [-0.39, 0.29) is 11.7 Å². The van der Waals surface area contributed by atoms with Crippen LogP contribution in [0.15, 0.2) is 34.9 Å². The third-order valence-corrected chi connectivity index (χ3v) is 3.81. The first-order valence-electron chi connectivity index (χ1n) is 7.35. The summed E-state index contributed by atoms with van der Waals surface area (Å²) in [6.45, 7) is 5.55. The SMILES string of the molecule is Cc1cc(CN2CCN(C(=O)c3cccc(O)c3)CC2)on1. The number of carbonyl (C=O) groups is 1. The van der Waals surface area contributed by atoms with E-state index in [1.54, 1.807) is 18.2 Å². The summed E-state index contributed by atoms with van der Waals surface area (Å²) < 4.78 is 5.22. The number of phenols is 1. The van der Waals surface area contributed by atoms with Gasteiger partial charge >= 0.3 is 0 Å². The summed E-state index contributed by atoms with van der Waals surface area (Å²) in [6, 6.07) is 8.42. The van der Waals surface area contributed by atoms with Gasteiger partial charge in [0.1, 0.15) is 5.75 Å². The van der Waals surface area contributed by atoms with Gasteiger partial charge in [0.2, 0.25) is 0 Å². The van der Waals surface area contributed by atoms with Gasteiger partial charge in [-0.25, -0.2) is 0 Å². The maximum Gasteiger partial charge on any atom is 0.254 e. The highest BCUT2D eigenvalue weighted by molar-refractivity contribution is 5.94. The molecule has 1 aromatic carbocycles. The maximum atomic E-state index is 12.4. The first kappa shape index (κ1) is 14.6. The van der Waals surface area contributed by atoms with Crippen LogP contribution in [0.5, 0.6) is 5.75 Å². The molecule has 1 amide bonds. The molecule has 0 aliphatic carbocycles. The molecule has 0 saturated carbocycles. The van der Waals surface area contributed by atoms with Gasteiger partial charge < -0.3 is 14.5 Å². The van der Waals surface area contributed by atoms with E-state index in [4.69, 9.17) is 4.52 Å². The number of aromatic hydroxyl groups is 1. The molecule has 1 N–H and O–H groups in total. The molecule has 1 fully saturated rings. The highest BCUT2D eigenvalue weighted by atomic mass is 16.5. The lowest BCUT2D eigenvalue weighted by Gasteiger charge is -2.34. The highest BCUT2D eigenvalue weighted by Crippen LogP contribution is 2.15. The van der Waals surface area contributed by atoms with E-state index in [0.29, 0.717) is 18.7 Å². The Morgan fingerprint density at radius 1 is 1.27 bits per heavy atom. The number of hydrogen-bond donors (Lipinski definition) is 1. The average Bonchev–Trinajstić information content (AvgIpc) is 2.92. The minimum Gasteiger partial charge on any atom is -0.508 e. The summed E-state index contributed by atoms with van der Waals surface area (Å²) in [7, 11) is 0. The summed E-state index contributed by atoms with van der Waals surface area (Å²) in [5.41, 5.74) is 1.41. The van der Waals surface area contributed by atoms with E-state index < -0.39 is 0 Å². The first-order valence-corrected chi connectivity index (χ1v) is 7.35. The topological polar surface area (TPSA) is 69.8 Å². The molecule has 1 aromatic heterocycles. The number of benzene rings is 1. The average molecular weight is 301 g/mol. The molecule has 3 rings (SSSR count). The summed E-state index contributed by atoms with van der Waals surface area (Å²) in [5.74, 6) is 0.932. The van der Waals surface area contributed by atoms with Crippen LogP contribution in [0.25, 0.3) is 0 Å². The van der Waals surface area contributed by atoms with Crippen molar-refractivity contribution >= 4 is 5.91 Å². The van der Waals surface area contributed by atoms with Crippen molar-refractivity contribution in [2.75, 3.05) is 26.2 Å². The van der Waals surface area contributed by atoms with Gasteiger partial charge in [-0.3, -0.25) is 9.69 Å². The molecule has 0 spiro atoms. The molecule has 0 radical (unpaired) electrons. The van der Waals surface area contributed by atoms with Gasteiger partial charge in [-0.1, -0.05) is 11.2 Å². The van der Waals surface area contributed by atoms with Crippen LogP contribution < -0.4 is 0 Å². The van der Waals surface area contributed by atoms with Crippen LogP contribution in [0, 0.1) is 6.92 Å². The van der Waals surface area contributed by atoms with Crippen LogP contribution >= 0.6 is 0 Å². The molecule has 6 heteroatoms. The fourth-order valence-corrected chi connectivity index (χ4v) is 2.64. The van der Waals surface area contributed by atoms with E-state index >= 15 is 0 Å². The Balaban J connectivity index is 1.56. The number of nitrogens with zero attached hydrogens (tertiary/aromatic N) is 3. The molecule has 116 valence electrons. The summed E-state index contributed by atoms with van der Waals surface area (Å²) in [5, 5.41) is 13.4. The van der Waals surface area contributed by atoms with Crippen molar-refractivity contribution in [3.63, 3.8) is 0 Å². The predicted octanol–water partition coefficient (Wildman–Crippen LogP) is 1.65. The zero-order valence-corrected chi connectivity index (χ0v) is 12.5. The van der Waals surface area contributed by atoms with E-state index in [1.807, 2.05) is 17.9 Å². The lowest BCUT2D eigenvalue weighted by molar-refractivity contribution is 0.0617. The number of hydrogen-bond acceptors (Lipinski definition) is 5. The van der Waals surface area contributed by atoms with Crippen molar-refractivity contribution < 1.29 is 14.4 Å². The van der Waals surface area contributed by atoms with Crippen LogP contribution in [-0.4, -0.2) is 52.1 Å². The van der Waals surface area contributed by atoms with Gasteiger partial charge in [0.05, 0.1) is 12.2 Å². The lowest BCUT2D eigenvalue weighted by Crippen LogP contribution is -2.48. The summed E-state index contributed by atoms with van der Waals surface area (Å²) in [6.07, 6.45) is 0. The Morgan fingerprint density at radius 3 is 2.68 bits per heavy atom. The quantitative estimate of drug-likeness (QED) is 0.933. The second-order valence-corrected chi connectivity index (χ2v) is 5.55. The zero-order valence-electron chi connectivity index (χ0n) is 12.5. The summed E-state index contributed by atoms with van der Waals surface area (Å²) >= 11 is 0. The third-order valence-electron chi connectivity index (χ3n) is 3.81. The molecule has 2 aromatic rings. The monoisotopic (exact) mass is 301 g/mol. The fraction of sp³-hybridized carbons (Fsp3) is 0.375. The van der Waals surface area contributed by atoms with Crippen LogP contribution in [0.2, 0.25) is 0 Å². The molecule has 0 unspecified atom stereocenters. The molecule has 6 nitrogen and oxygen atoms in total. The van der Waals surface area contributed by atoms with Gasteiger partial charge in [-0.2, -0.15) is 0 Å². The number of phenolic OH excluding ortho intramolecular Hbond substituents is 1. The molecule has 0 bridgehead atoms. The lowest BCUT2D eigenvalue weighted by atomic mass is 10.1. The molecule has 0 atom stereocenters. The minimum atomic E-state index is -0.0361. The number of rotatable bonds is 3. The number of amides is 1. The van der Waals surface area contributed by atoms with Crippen molar-refractivity contribution in [1.29, 1.82) is 0 Å². The minimum absolute atomic E-state index is 0.0361. The summed E-state index contributed by atoms with van der Waals surface area (Å²) in [4.78, 5) is 16.4. The van der Waals surface area contributed by atoms with Gasteiger partial charge in [-0.05, 0) is 25.1 Å². The zero-order chi connectivity index (χ0) is 15.5. The van der Waals surface area contributed by atoms with E-state index in [1.165, 1.54) is 6.07 Å². The Bertz CT molecular complexity index is 660. The maximum absolute atomic E-state index is 12.4. The fourth-order valence-electron chi connectivity index (χ4n) is 2.64. The van der Waals surface area contributed by atoms with E-state index in [0.717, 1.165) is 31.1 Å². The molecule has 1 saturated heterocycles. The number of piperazine rings is 1. The van der Waals surface area contributed by atoms with Crippen LogP contribution in [-0.2, 0) is 6.54 Å². The molecular formula is C16H19N3O3. The van der Waals surface area contributed by atoms with Crippen molar-refractivity contribution in [3.8, 4) is 5.75 Å². The normalized spacial score (nSPS) is 16.0. The van der Waals surface area contributed by atoms with Gasteiger partial charge in [0.25, 0.3) is 5.91 Å². The van der Waals surface area contributed by atoms with Crippen LogP contribution in [0.1, 0.15) is 21.8 Å². The van der Waals surface area contributed by atoms with Crippen LogP contribution in [0.3, 0.4) is 0 Å². The van der Waals surface area contributed by atoms with Crippen molar-refractivity contribution in [2.24, 2.45) is 0 Å². The molecule has 22 heavy (non-hydrogen) atoms. The third kappa shape index (κ3) is 3.28. The van der Waals surface area contributed by atoms with E-state index in [2.05, 4.69) is 10.1 Å². The molecule has 1 aliphatic rings. The second kappa shape index (κ2) is 6.19. The standard InChI is InChI=1S/C16H19N3O3/c1-12-9-15(22-17-12)11-18-5-7-19(8-6-18)16(21)13-3-2-4-14(20)10-13/h2-4,9-10,20H,5-8,11H2,1H3. The Labute approximate surface area is 128 Å². The highest BCUT2D eigenvalue weighted by Gasteiger charge is 2.23. The van der Waals surface area contributed by atoms with Crippen LogP contribution in [0.4, 0.5) is 0 Å². The Hall–Kier alpha value is -2.34. The predicted molar refractivity (Wildman–Crippen MR) is 80.5 cm³/mol. The van der Waals surface area contributed by atoms with Gasteiger partial charge in [-0.15, -0.1) is 0 Å². The van der Waals surface area contributed by atoms with Gasteiger partial charge in [0, 0.05) is 37.8 Å². The molecule has 1 aliphatic heterocycles. The Kier molecular flexibility index (Phi) is 4.11. The smallest absolute Gasteiger partial charge is 0.254 e. The first-order chi connectivity index (χ1) is 10.6. The molecular weight excluding hydrogens is 282 g/mol. The number of carbonyl (C=O) groups excluding carboxylic acids is 1. The number of aromatic nitrogens is 1.